The van der Waals surface area contributed by atoms with Gasteiger partial charge in [0, 0.05) is 24.4 Å². The number of hydrogen-bond donors (Lipinski definition) is 0. The maximum Gasteiger partial charge on any atom is 0.254 e. The summed E-state index contributed by atoms with van der Waals surface area (Å²) < 4.78 is 2.08. The van der Waals surface area contributed by atoms with Gasteiger partial charge in [-0.2, -0.15) is 0 Å². The Morgan fingerprint density at radius 3 is 2.54 bits per heavy atom. The number of carbonyl (C=O) groups excluding carboxylic acids is 1. The number of amides is 1. The molecular weight excluding hydrogens is 326 g/mol. The number of allylic oxidation sites excluding steroid dienone is 1. The van der Waals surface area contributed by atoms with Crippen molar-refractivity contribution in [1.29, 1.82) is 0 Å². The summed E-state index contributed by atoms with van der Waals surface area (Å²) in [6.07, 6.45) is 0.784. The Morgan fingerprint density at radius 1 is 1.23 bits per heavy atom. The SMILES string of the molecule is C=C(C)/N=C(\C)c1nnc2n1CCN(C(=O)c1ccc(C)cc1)[C@@H]2CC. The second kappa shape index (κ2) is 7.23. The molecule has 2 heterocycles. The Labute approximate surface area is 154 Å². The van der Waals surface area contributed by atoms with Gasteiger partial charge in [0.25, 0.3) is 5.91 Å². The zero-order valence-corrected chi connectivity index (χ0v) is 15.9. The summed E-state index contributed by atoms with van der Waals surface area (Å²) in [6, 6.07) is 7.63. The van der Waals surface area contributed by atoms with E-state index in [-0.39, 0.29) is 11.9 Å². The average molecular weight is 351 g/mol. The minimum absolute atomic E-state index is 0.0416. The summed E-state index contributed by atoms with van der Waals surface area (Å²) in [6.45, 7) is 13.0. The number of aromatic nitrogens is 3. The normalized spacial score (nSPS) is 17.2. The van der Waals surface area contributed by atoms with Crippen LogP contribution in [-0.4, -0.2) is 37.8 Å². The third-order valence-electron chi connectivity index (χ3n) is 4.65. The minimum Gasteiger partial charge on any atom is -0.327 e. The van der Waals surface area contributed by atoms with Crippen LogP contribution in [0, 0.1) is 6.92 Å². The van der Waals surface area contributed by atoms with E-state index in [1.807, 2.05) is 49.9 Å². The van der Waals surface area contributed by atoms with Crippen molar-refractivity contribution in [1.82, 2.24) is 19.7 Å². The largest absolute Gasteiger partial charge is 0.327 e. The summed E-state index contributed by atoms with van der Waals surface area (Å²) in [7, 11) is 0. The highest BCUT2D eigenvalue weighted by molar-refractivity contribution is 5.96. The van der Waals surface area contributed by atoms with Crippen molar-refractivity contribution < 1.29 is 4.79 Å². The van der Waals surface area contributed by atoms with Crippen LogP contribution < -0.4 is 0 Å². The molecule has 2 aromatic rings. The van der Waals surface area contributed by atoms with Crippen LogP contribution in [0.3, 0.4) is 0 Å². The van der Waals surface area contributed by atoms with E-state index in [4.69, 9.17) is 0 Å². The van der Waals surface area contributed by atoms with Gasteiger partial charge in [-0.15, -0.1) is 10.2 Å². The second-order valence-electron chi connectivity index (χ2n) is 6.75. The van der Waals surface area contributed by atoms with Crippen molar-refractivity contribution in [2.24, 2.45) is 4.99 Å². The van der Waals surface area contributed by atoms with Crippen LogP contribution in [0.1, 0.15) is 60.8 Å². The van der Waals surface area contributed by atoms with E-state index in [9.17, 15) is 4.79 Å². The second-order valence-corrected chi connectivity index (χ2v) is 6.75. The Kier molecular flexibility index (Phi) is 5.02. The van der Waals surface area contributed by atoms with Gasteiger partial charge in [0.15, 0.2) is 11.6 Å². The fourth-order valence-electron chi connectivity index (χ4n) is 3.40. The number of fused-ring (bicyclic) bond motifs is 1. The molecule has 1 amide bonds. The third kappa shape index (κ3) is 3.31. The molecule has 0 bridgehead atoms. The fraction of sp³-hybridized carbons (Fsp3) is 0.400. The molecule has 1 atom stereocenters. The molecule has 0 N–H and O–H groups in total. The number of rotatable bonds is 4. The van der Waals surface area contributed by atoms with Crippen molar-refractivity contribution in [3.8, 4) is 0 Å². The number of aliphatic imine (C=N–C) groups is 1. The van der Waals surface area contributed by atoms with Crippen LogP contribution in [0.5, 0.6) is 0 Å². The number of aryl methyl sites for hydroxylation is 1. The van der Waals surface area contributed by atoms with E-state index in [2.05, 4.69) is 33.3 Å². The molecule has 1 aliphatic heterocycles. The van der Waals surface area contributed by atoms with Gasteiger partial charge in [-0.05, 0) is 39.3 Å². The van der Waals surface area contributed by atoms with Gasteiger partial charge in [0.1, 0.15) is 0 Å². The van der Waals surface area contributed by atoms with E-state index in [0.717, 1.165) is 35.0 Å². The van der Waals surface area contributed by atoms with Crippen molar-refractivity contribution >= 4 is 11.6 Å². The maximum absolute atomic E-state index is 13.0. The lowest BCUT2D eigenvalue weighted by molar-refractivity contribution is 0.0610. The number of hydrogen-bond acceptors (Lipinski definition) is 4. The third-order valence-corrected chi connectivity index (χ3v) is 4.65. The van der Waals surface area contributed by atoms with Crippen LogP contribution in [-0.2, 0) is 6.54 Å². The van der Waals surface area contributed by atoms with E-state index in [1.54, 1.807) is 0 Å². The predicted octanol–water partition coefficient (Wildman–Crippen LogP) is 3.54. The molecule has 0 fully saturated rings. The maximum atomic E-state index is 13.0. The summed E-state index contributed by atoms with van der Waals surface area (Å²) in [5.74, 6) is 1.62. The molecule has 0 aliphatic carbocycles. The molecule has 136 valence electrons. The highest BCUT2D eigenvalue weighted by Crippen LogP contribution is 2.29. The van der Waals surface area contributed by atoms with E-state index in [0.29, 0.717) is 18.7 Å². The first kappa shape index (κ1) is 18.0. The molecule has 0 spiro atoms. The number of nitrogens with zero attached hydrogens (tertiary/aromatic N) is 5. The summed E-state index contributed by atoms with van der Waals surface area (Å²) >= 11 is 0. The van der Waals surface area contributed by atoms with Crippen LogP contribution in [0.15, 0.2) is 41.5 Å². The molecule has 6 nitrogen and oxygen atoms in total. The van der Waals surface area contributed by atoms with Crippen molar-refractivity contribution in [3.63, 3.8) is 0 Å². The van der Waals surface area contributed by atoms with Gasteiger partial charge in [-0.25, -0.2) is 0 Å². The lowest BCUT2D eigenvalue weighted by atomic mass is 10.1. The molecule has 0 radical (unpaired) electrons. The summed E-state index contributed by atoms with van der Waals surface area (Å²) in [5.41, 5.74) is 3.38. The van der Waals surface area contributed by atoms with Crippen LogP contribution in [0.4, 0.5) is 0 Å². The molecule has 3 rings (SSSR count). The molecular formula is C20H25N5O. The van der Waals surface area contributed by atoms with Gasteiger partial charge >= 0.3 is 0 Å². The van der Waals surface area contributed by atoms with E-state index >= 15 is 0 Å². The summed E-state index contributed by atoms with van der Waals surface area (Å²) in [4.78, 5) is 19.3. The molecule has 26 heavy (non-hydrogen) atoms. The minimum atomic E-state index is -0.0866. The molecule has 0 saturated carbocycles. The molecule has 0 unspecified atom stereocenters. The molecule has 1 aliphatic rings. The first-order valence-corrected chi connectivity index (χ1v) is 8.94. The van der Waals surface area contributed by atoms with Crippen molar-refractivity contribution in [2.75, 3.05) is 6.54 Å². The Bertz CT molecular complexity index is 863. The van der Waals surface area contributed by atoms with Crippen molar-refractivity contribution in [2.45, 2.75) is 46.7 Å². The zero-order chi connectivity index (χ0) is 18.8. The predicted molar refractivity (Wildman–Crippen MR) is 102 cm³/mol. The van der Waals surface area contributed by atoms with Gasteiger partial charge in [0.05, 0.1) is 11.8 Å². The Morgan fingerprint density at radius 2 is 1.92 bits per heavy atom. The van der Waals surface area contributed by atoms with Gasteiger partial charge in [-0.1, -0.05) is 31.2 Å². The van der Waals surface area contributed by atoms with Crippen molar-refractivity contribution in [3.05, 3.63) is 59.3 Å². The van der Waals surface area contributed by atoms with E-state index < -0.39 is 0 Å². The standard InChI is InChI=1S/C20H25N5O/c1-6-17-19-23-22-18(15(5)21-13(2)3)25(19)12-11-24(17)20(26)16-9-7-14(4)8-10-16/h7-10,17H,2,6,11-12H2,1,3-5H3/b21-15+/t17-/m1/s1. The number of carbonyl (C=O) groups is 1. The van der Waals surface area contributed by atoms with Crippen LogP contribution >= 0.6 is 0 Å². The van der Waals surface area contributed by atoms with Crippen LogP contribution in [0.2, 0.25) is 0 Å². The lowest BCUT2D eigenvalue weighted by Gasteiger charge is -2.35. The van der Waals surface area contributed by atoms with Gasteiger partial charge in [-0.3, -0.25) is 9.79 Å². The van der Waals surface area contributed by atoms with E-state index in [1.165, 1.54) is 0 Å². The monoisotopic (exact) mass is 351 g/mol. The van der Waals surface area contributed by atoms with Gasteiger partial charge in [0.2, 0.25) is 0 Å². The number of benzene rings is 1. The molecule has 1 aromatic heterocycles. The Balaban J connectivity index is 1.93. The topological polar surface area (TPSA) is 63.4 Å². The molecule has 6 heteroatoms. The first-order valence-electron chi connectivity index (χ1n) is 8.94. The molecule has 1 aromatic carbocycles. The summed E-state index contributed by atoms with van der Waals surface area (Å²) in [5, 5.41) is 8.72. The zero-order valence-electron chi connectivity index (χ0n) is 15.9. The first-order chi connectivity index (χ1) is 12.4. The lowest BCUT2D eigenvalue weighted by Crippen LogP contribution is -2.42. The van der Waals surface area contributed by atoms with Crippen LogP contribution in [0.25, 0.3) is 0 Å². The quantitative estimate of drug-likeness (QED) is 0.792. The smallest absolute Gasteiger partial charge is 0.254 e. The average Bonchev–Trinajstić information content (AvgIpc) is 3.04. The fourth-order valence-corrected chi connectivity index (χ4v) is 3.40. The Hall–Kier alpha value is -2.76. The highest BCUT2D eigenvalue weighted by atomic mass is 16.2. The highest BCUT2D eigenvalue weighted by Gasteiger charge is 2.33. The molecule has 0 saturated heterocycles. The van der Waals surface area contributed by atoms with Gasteiger partial charge < -0.3 is 9.47 Å².